The number of fused-ring (bicyclic) bond motifs is 1. The largest absolute Gasteiger partial charge is 0.384 e. The van der Waals surface area contributed by atoms with Crippen LogP contribution in [0.15, 0.2) is 18.3 Å². The fourth-order valence-electron chi connectivity index (χ4n) is 2.49. The highest BCUT2D eigenvalue weighted by atomic mass is 19.3. The maximum Gasteiger partial charge on any atom is 0.251 e. The molecule has 1 aliphatic rings. The summed E-state index contributed by atoms with van der Waals surface area (Å²) in [7, 11) is 0. The highest BCUT2D eigenvalue weighted by Gasteiger charge is 2.34. The minimum absolute atomic E-state index is 0.201. The van der Waals surface area contributed by atoms with Crippen molar-refractivity contribution in [1.82, 2.24) is 9.97 Å². The Morgan fingerprint density at radius 2 is 2.00 bits per heavy atom. The van der Waals surface area contributed by atoms with Gasteiger partial charge in [0.05, 0.1) is 0 Å². The third kappa shape index (κ3) is 2.57. The fraction of sp³-hybridized carbons (Fsp3) is 0.357. The molecule has 3 rings (SSSR count). The van der Waals surface area contributed by atoms with Crippen molar-refractivity contribution in [2.75, 3.05) is 23.7 Å². The Kier molecular flexibility index (Phi) is 3.09. The summed E-state index contributed by atoms with van der Waals surface area (Å²) in [4.78, 5) is 10.0. The lowest BCUT2D eigenvalue weighted by Gasteiger charge is -2.33. The molecule has 0 aliphatic carbocycles. The first-order valence-electron chi connectivity index (χ1n) is 6.58. The normalized spacial score (nSPS) is 17.7. The van der Waals surface area contributed by atoms with Gasteiger partial charge in [-0.25, -0.2) is 18.7 Å². The van der Waals surface area contributed by atoms with Crippen LogP contribution in [0, 0.1) is 11.3 Å². The Hall–Kier alpha value is -2.49. The van der Waals surface area contributed by atoms with E-state index in [0.717, 1.165) is 10.8 Å². The number of rotatable bonds is 1. The molecule has 0 aromatic carbocycles. The van der Waals surface area contributed by atoms with E-state index in [1.807, 2.05) is 6.07 Å². The summed E-state index contributed by atoms with van der Waals surface area (Å²) < 4.78 is 26.6. The first-order valence-corrected chi connectivity index (χ1v) is 6.58. The van der Waals surface area contributed by atoms with Crippen LogP contribution < -0.4 is 10.6 Å². The van der Waals surface area contributed by atoms with E-state index in [1.165, 1.54) is 0 Å². The Labute approximate surface area is 120 Å². The molecule has 0 atom stereocenters. The van der Waals surface area contributed by atoms with Crippen molar-refractivity contribution in [2.24, 2.45) is 0 Å². The van der Waals surface area contributed by atoms with Crippen LogP contribution in [0.2, 0.25) is 0 Å². The average Bonchev–Trinajstić information content (AvgIpc) is 2.46. The van der Waals surface area contributed by atoms with Crippen molar-refractivity contribution in [2.45, 2.75) is 18.8 Å². The topological polar surface area (TPSA) is 78.8 Å². The molecule has 0 spiro atoms. The first-order chi connectivity index (χ1) is 9.98. The molecule has 3 heterocycles. The lowest BCUT2D eigenvalue weighted by atomic mass is 10.1. The molecule has 0 saturated carbocycles. The van der Waals surface area contributed by atoms with Crippen LogP contribution >= 0.6 is 0 Å². The van der Waals surface area contributed by atoms with E-state index in [0.29, 0.717) is 11.6 Å². The summed E-state index contributed by atoms with van der Waals surface area (Å²) >= 11 is 0. The number of nitrogens with two attached hydrogens (primary N) is 1. The third-order valence-electron chi connectivity index (χ3n) is 3.62. The minimum Gasteiger partial charge on any atom is -0.384 e. The zero-order valence-corrected chi connectivity index (χ0v) is 11.2. The van der Waals surface area contributed by atoms with Crippen molar-refractivity contribution in [1.29, 1.82) is 5.26 Å². The highest BCUT2D eigenvalue weighted by molar-refractivity contribution is 5.94. The maximum absolute atomic E-state index is 13.3. The molecule has 108 valence electrons. The SMILES string of the molecule is N#Cc1cc2cnc(N)cc2c(N2CCC(F)(F)CC2)n1. The number of anilines is 2. The number of hydrogen-bond donors (Lipinski definition) is 1. The molecule has 7 heteroatoms. The summed E-state index contributed by atoms with van der Waals surface area (Å²) in [6.45, 7) is 0.401. The molecule has 1 fully saturated rings. The van der Waals surface area contributed by atoms with Gasteiger partial charge in [0.15, 0.2) is 0 Å². The minimum atomic E-state index is -2.63. The number of piperidine rings is 1. The Morgan fingerprint density at radius 1 is 1.29 bits per heavy atom. The van der Waals surface area contributed by atoms with Gasteiger partial charge in [0.25, 0.3) is 5.92 Å². The highest BCUT2D eigenvalue weighted by Crippen LogP contribution is 2.33. The third-order valence-corrected chi connectivity index (χ3v) is 3.62. The Bertz CT molecular complexity index is 728. The maximum atomic E-state index is 13.3. The van der Waals surface area contributed by atoms with Gasteiger partial charge < -0.3 is 10.6 Å². The second-order valence-electron chi connectivity index (χ2n) is 5.12. The van der Waals surface area contributed by atoms with Gasteiger partial charge in [0.1, 0.15) is 23.4 Å². The van der Waals surface area contributed by atoms with E-state index in [2.05, 4.69) is 9.97 Å². The lowest BCUT2D eigenvalue weighted by Crippen LogP contribution is -2.39. The van der Waals surface area contributed by atoms with Gasteiger partial charge in [-0.3, -0.25) is 0 Å². The molecular formula is C14H13F2N5. The molecule has 21 heavy (non-hydrogen) atoms. The zero-order chi connectivity index (χ0) is 15.0. The number of aromatic nitrogens is 2. The van der Waals surface area contributed by atoms with Gasteiger partial charge in [-0.2, -0.15) is 5.26 Å². The molecule has 2 N–H and O–H groups in total. The standard InChI is InChI=1S/C14H13F2N5/c15-14(16)1-3-21(4-2-14)13-11-6-12(18)19-8-9(11)5-10(7-17)20-13/h5-6,8H,1-4H2,(H2,18,19). The first kappa shape index (κ1) is 13.5. The van der Waals surface area contributed by atoms with Crippen LogP contribution in [0.5, 0.6) is 0 Å². The van der Waals surface area contributed by atoms with Crippen molar-refractivity contribution in [3.05, 3.63) is 24.0 Å². The molecule has 0 amide bonds. The smallest absolute Gasteiger partial charge is 0.251 e. The Balaban J connectivity index is 2.08. The van der Waals surface area contributed by atoms with Gasteiger partial charge in [0.2, 0.25) is 0 Å². The van der Waals surface area contributed by atoms with Crippen molar-refractivity contribution < 1.29 is 8.78 Å². The summed E-state index contributed by atoms with van der Waals surface area (Å²) in [5, 5.41) is 10.5. The lowest BCUT2D eigenvalue weighted by molar-refractivity contribution is -0.0221. The molecular weight excluding hydrogens is 276 g/mol. The molecule has 0 bridgehead atoms. The molecule has 2 aromatic heterocycles. The molecule has 0 unspecified atom stereocenters. The monoisotopic (exact) mass is 289 g/mol. The van der Waals surface area contributed by atoms with Gasteiger partial charge in [-0.1, -0.05) is 0 Å². The van der Waals surface area contributed by atoms with Gasteiger partial charge in [0, 0.05) is 42.9 Å². The summed E-state index contributed by atoms with van der Waals surface area (Å²) in [6.07, 6.45) is 1.14. The molecule has 5 nitrogen and oxygen atoms in total. The number of nitriles is 1. The van der Waals surface area contributed by atoms with E-state index >= 15 is 0 Å². The van der Waals surface area contributed by atoms with E-state index in [-0.39, 0.29) is 31.6 Å². The van der Waals surface area contributed by atoms with Crippen molar-refractivity contribution in [3.63, 3.8) is 0 Å². The van der Waals surface area contributed by atoms with Crippen LogP contribution in [0.1, 0.15) is 18.5 Å². The van der Waals surface area contributed by atoms with Crippen LogP contribution in [-0.2, 0) is 0 Å². The van der Waals surface area contributed by atoms with Gasteiger partial charge >= 0.3 is 0 Å². The Morgan fingerprint density at radius 3 is 2.67 bits per heavy atom. The number of hydrogen-bond acceptors (Lipinski definition) is 5. The number of pyridine rings is 2. The second-order valence-corrected chi connectivity index (χ2v) is 5.12. The summed E-state index contributed by atoms with van der Waals surface area (Å²) in [5.74, 6) is -1.77. The number of alkyl halides is 2. The summed E-state index contributed by atoms with van der Waals surface area (Å²) in [5.41, 5.74) is 5.93. The van der Waals surface area contributed by atoms with E-state index in [1.54, 1.807) is 23.2 Å². The molecule has 0 radical (unpaired) electrons. The second kappa shape index (κ2) is 4.81. The zero-order valence-electron chi connectivity index (χ0n) is 11.2. The number of halogens is 2. The molecule has 1 aliphatic heterocycles. The fourth-order valence-corrected chi connectivity index (χ4v) is 2.49. The van der Waals surface area contributed by atoms with Gasteiger partial charge in [-0.15, -0.1) is 0 Å². The van der Waals surface area contributed by atoms with Gasteiger partial charge in [-0.05, 0) is 12.1 Å². The summed E-state index contributed by atoms with van der Waals surface area (Å²) in [6, 6.07) is 5.26. The van der Waals surface area contributed by atoms with Crippen molar-refractivity contribution >= 4 is 22.4 Å². The molecule has 1 saturated heterocycles. The van der Waals surface area contributed by atoms with Crippen LogP contribution in [-0.4, -0.2) is 29.0 Å². The van der Waals surface area contributed by atoms with Crippen molar-refractivity contribution in [3.8, 4) is 6.07 Å². The number of nitrogens with zero attached hydrogens (tertiary/aromatic N) is 4. The quantitative estimate of drug-likeness (QED) is 0.871. The van der Waals surface area contributed by atoms with E-state index in [9.17, 15) is 8.78 Å². The van der Waals surface area contributed by atoms with E-state index in [4.69, 9.17) is 11.0 Å². The van der Waals surface area contributed by atoms with Crippen LogP contribution in [0.4, 0.5) is 20.4 Å². The van der Waals surface area contributed by atoms with Crippen LogP contribution in [0.3, 0.4) is 0 Å². The van der Waals surface area contributed by atoms with E-state index < -0.39 is 5.92 Å². The predicted octanol–water partition coefficient (Wildman–Crippen LogP) is 2.32. The van der Waals surface area contributed by atoms with Crippen LogP contribution in [0.25, 0.3) is 10.8 Å². The molecule has 2 aromatic rings. The average molecular weight is 289 g/mol. The number of nitrogen functional groups attached to an aromatic ring is 1. The predicted molar refractivity (Wildman–Crippen MR) is 75.1 cm³/mol.